The molecule has 2 aliphatic rings. The highest BCUT2D eigenvalue weighted by molar-refractivity contribution is 6.22. The Hall–Kier alpha value is -4.00. The van der Waals surface area contributed by atoms with Crippen LogP contribution in [0.25, 0.3) is 10.8 Å². The molecule has 0 aromatic heterocycles. The van der Waals surface area contributed by atoms with Crippen molar-refractivity contribution in [2.24, 2.45) is 11.8 Å². The lowest BCUT2D eigenvalue weighted by Gasteiger charge is -2.19. The first-order valence-electron chi connectivity index (χ1n) is 11.5. The van der Waals surface area contributed by atoms with Gasteiger partial charge < -0.3 is 10.1 Å². The molecule has 0 radical (unpaired) electrons. The van der Waals surface area contributed by atoms with Gasteiger partial charge in [0.25, 0.3) is 5.91 Å². The van der Waals surface area contributed by atoms with Crippen molar-refractivity contribution in [3.05, 3.63) is 72.3 Å². The van der Waals surface area contributed by atoms with E-state index in [0.717, 1.165) is 36.5 Å². The van der Waals surface area contributed by atoms with E-state index in [1.54, 1.807) is 18.2 Å². The van der Waals surface area contributed by atoms with Crippen molar-refractivity contribution in [2.75, 3.05) is 16.8 Å². The molecule has 5 rings (SSSR count). The summed E-state index contributed by atoms with van der Waals surface area (Å²) in [6, 6.07) is 19.5. The molecule has 3 aromatic carbocycles. The fourth-order valence-electron chi connectivity index (χ4n) is 4.92. The van der Waals surface area contributed by atoms with Gasteiger partial charge in [0, 0.05) is 11.1 Å². The Morgan fingerprint density at radius 3 is 2.32 bits per heavy atom. The molecule has 1 aliphatic carbocycles. The third-order valence-electron chi connectivity index (χ3n) is 6.58. The fourth-order valence-corrected chi connectivity index (χ4v) is 4.92. The number of hydrogen-bond donors (Lipinski definition) is 1. The summed E-state index contributed by atoms with van der Waals surface area (Å²) in [6.45, 7) is -0.460. The molecule has 3 amide bonds. The number of nitrogens with one attached hydrogen (secondary N) is 1. The monoisotopic (exact) mass is 456 g/mol. The van der Waals surface area contributed by atoms with Crippen LogP contribution in [0, 0.1) is 11.8 Å². The maximum absolute atomic E-state index is 12.8. The Morgan fingerprint density at radius 2 is 1.56 bits per heavy atom. The summed E-state index contributed by atoms with van der Waals surface area (Å²) in [7, 11) is 0. The van der Waals surface area contributed by atoms with Crippen LogP contribution in [0.1, 0.15) is 36.0 Å². The molecule has 172 valence electrons. The molecule has 7 nitrogen and oxygen atoms in total. The molecule has 7 heteroatoms. The van der Waals surface area contributed by atoms with Crippen LogP contribution in [0.4, 0.5) is 11.4 Å². The fraction of sp³-hybridized carbons (Fsp3) is 0.259. The highest BCUT2D eigenvalue weighted by atomic mass is 16.5. The van der Waals surface area contributed by atoms with Crippen molar-refractivity contribution < 1.29 is 23.9 Å². The normalized spacial score (nSPS) is 19.7. The van der Waals surface area contributed by atoms with E-state index in [0.29, 0.717) is 11.4 Å². The van der Waals surface area contributed by atoms with E-state index in [4.69, 9.17) is 4.74 Å². The van der Waals surface area contributed by atoms with Gasteiger partial charge in [0.2, 0.25) is 11.8 Å². The van der Waals surface area contributed by atoms with Crippen LogP contribution in [0.3, 0.4) is 0 Å². The number of carbonyl (C=O) groups excluding carboxylic acids is 4. The maximum Gasteiger partial charge on any atom is 0.338 e. The molecule has 1 N–H and O–H groups in total. The average molecular weight is 456 g/mol. The van der Waals surface area contributed by atoms with Gasteiger partial charge >= 0.3 is 5.97 Å². The number of fused-ring (bicyclic) bond motifs is 2. The molecule has 0 spiro atoms. The van der Waals surface area contributed by atoms with Crippen molar-refractivity contribution in [1.82, 2.24) is 0 Å². The molecule has 1 heterocycles. The van der Waals surface area contributed by atoms with Gasteiger partial charge in [0.1, 0.15) is 0 Å². The number of nitrogens with zero attached hydrogens (tertiary/aromatic N) is 1. The minimum Gasteiger partial charge on any atom is -0.452 e. The van der Waals surface area contributed by atoms with Gasteiger partial charge in [-0.25, -0.2) is 4.79 Å². The van der Waals surface area contributed by atoms with Gasteiger partial charge in [-0.15, -0.1) is 0 Å². The number of imide groups is 1. The van der Waals surface area contributed by atoms with Crippen LogP contribution in [-0.2, 0) is 19.1 Å². The molecule has 1 saturated heterocycles. The summed E-state index contributed by atoms with van der Waals surface area (Å²) in [5.74, 6) is -2.10. The lowest BCUT2D eigenvalue weighted by molar-refractivity contribution is -0.122. The summed E-state index contributed by atoms with van der Waals surface area (Å²) in [4.78, 5) is 51.9. The number of esters is 1. The van der Waals surface area contributed by atoms with Crippen molar-refractivity contribution in [2.45, 2.75) is 25.7 Å². The van der Waals surface area contributed by atoms with E-state index in [-0.39, 0.29) is 29.2 Å². The summed E-state index contributed by atoms with van der Waals surface area (Å²) in [5.41, 5.74) is 1.17. The minimum absolute atomic E-state index is 0.172. The Bertz CT molecular complexity index is 1270. The molecule has 2 atom stereocenters. The standard InChI is InChI=1S/C27H24N2O5/c30-24(28-23-14-6-8-17-7-1-2-11-20(17)23)16-34-27(33)18-9-5-10-19(15-18)29-25(31)21-12-3-4-13-22(21)26(29)32/h1-2,5-11,14-15,21-22H,3-4,12-13,16H2,(H,28,30)/t21-,22+. The molecule has 1 saturated carbocycles. The van der Waals surface area contributed by atoms with Gasteiger partial charge in [0.15, 0.2) is 6.61 Å². The second-order valence-corrected chi connectivity index (χ2v) is 8.71. The topological polar surface area (TPSA) is 92.8 Å². The van der Waals surface area contributed by atoms with E-state index in [9.17, 15) is 19.2 Å². The molecule has 0 unspecified atom stereocenters. The molecular formula is C27H24N2O5. The predicted molar refractivity (Wildman–Crippen MR) is 127 cm³/mol. The molecule has 2 fully saturated rings. The number of amides is 3. The first-order valence-corrected chi connectivity index (χ1v) is 11.5. The Kier molecular flexibility index (Phi) is 5.84. The lowest BCUT2D eigenvalue weighted by Crippen LogP contribution is -2.31. The van der Waals surface area contributed by atoms with Gasteiger partial charge in [-0.1, -0.05) is 55.3 Å². The molecule has 0 bridgehead atoms. The van der Waals surface area contributed by atoms with Gasteiger partial charge in [-0.2, -0.15) is 0 Å². The third kappa shape index (κ3) is 4.05. The van der Waals surface area contributed by atoms with Gasteiger partial charge in [-0.05, 0) is 42.5 Å². The highest BCUT2D eigenvalue weighted by Gasteiger charge is 2.48. The minimum atomic E-state index is -0.702. The summed E-state index contributed by atoms with van der Waals surface area (Å²) >= 11 is 0. The SMILES string of the molecule is O=C(COC(=O)c1cccc(N2C(=O)[C@H]3CCCC[C@H]3C2=O)c1)Nc1cccc2ccccc12. The van der Waals surface area contributed by atoms with Crippen LogP contribution in [0.5, 0.6) is 0 Å². The Labute approximate surface area is 196 Å². The van der Waals surface area contributed by atoms with E-state index in [2.05, 4.69) is 5.32 Å². The van der Waals surface area contributed by atoms with Gasteiger partial charge in [0.05, 0.1) is 23.1 Å². The van der Waals surface area contributed by atoms with Crippen LogP contribution in [-0.4, -0.2) is 30.3 Å². The van der Waals surface area contributed by atoms with Crippen LogP contribution in [0.15, 0.2) is 66.7 Å². The zero-order valence-electron chi connectivity index (χ0n) is 18.5. The smallest absolute Gasteiger partial charge is 0.338 e. The molecular weight excluding hydrogens is 432 g/mol. The number of hydrogen-bond acceptors (Lipinski definition) is 5. The number of benzene rings is 3. The summed E-state index contributed by atoms with van der Waals surface area (Å²) < 4.78 is 5.20. The molecule has 34 heavy (non-hydrogen) atoms. The predicted octanol–water partition coefficient (Wildman–Crippen LogP) is 4.31. The summed E-state index contributed by atoms with van der Waals surface area (Å²) in [6.07, 6.45) is 3.33. The highest BCUT2D eigenvalue weighted by Crippen LogP contribution is 2.40. The molecule has 1 aliphatic heterocycles. The lowest BCUT2D eigenvalue weighted by atomic mass is 9.81. The van der Waals surface area contributed by atoms with Gasteiger partial charge in [-0.3, -0.25) is 19.3 Å². The van der Waals surface area contributed by atoms with E-state index in [1.165, 1.54) is 17.0 Å². The average Bonchev–Trinajstić information content (AvgIpc) is 3.13. The van der Waals surface area contributed by atoms with Crippen LogP contribution in [0.2, 0.25) is 0 Å². The van der Waals surface area contributed by atoms with Crippen molar-refractivity contribution >= 4 is 45.8 Å². The second-order valence-electron chi connectivity index (χ2n) is 8.71. The van der Waals surface area contributed by atoms with Crippen molar-refractivity contribution in [3.63, 3.8) is 0 Å². The Morgan fingerprint density at radius 1 is 0.882 bits per heavy atom. The second kappa shape index (κ2) is 9.09. The number of carbonyl (C=O) groups is 4. The van der Waals surface area contributed by atoms with Crippen LogP contribution < -0.4 is 10.2 Å². The number of anilines is 2. The van der Waals surface area contributed by atoms with E-state index in [1.807, 2.05) is 36.4 Å². The zero-order chi connectivity index (χ0) is 23.7. The van der Waals surface area contributed by atoms with Crippen LogP contribution >= 0.6 is 0 Å². The van der Waals surface area contributed by atoms with E-state index < -0.39 is 18.5 Å². The largest absolute Gasteiger partial charge is 0.452 e. The van der Waals surface area contributed by atoms with Crippen molar-refractivity contribution in [1.29, 1.82) is 0 Å². The summed E-state index contributed by atoms with van der Waals surface area (Å²) in [5, 5.41) is 4.65. The zero-order valence-corrected chi connectivity index (χ0v) is 18.5. The maximum atomic E-state index is 12.8. The first-order chi connectivity index (χ1) is 16.5. The number of ether oxygens (including phenoxy) is 1. The third-order valence-corrected chi connectivity index (χ3v) is 6.58. The number of rotatable bonds is 5. The quantitative estimate of drug-likeness (QED) is 0.456. The first kappa shape index (κ1) is 21.8. The molecule has 3 aromatic rings. The van der Waals surface area contributed by atoms with Crippen molar-refractivity contribution in [3.8, 4) is 0 Å². The Balaban J connectivity index is 1.25. The van der Waals surface area contributed by atoms with E-state index >= 15 is 0 Å².